The molecule has 1 aliphatic rings. The summed E-state index contributed by atoms with van der Waals surface area (Å²) in [6, 6.07) is 17.2. The van der Waals surface area contributed by atoms with Crippen LogP contribution in [0.15, 0.2) is 48.5 Å². The molecule has 1 atom stereocenters. The predicted molar refractivity (Wildman–Crippen MR) is 71.7 cm³/mol. The van der Waals surface area contributed by atoms with E-state index >= 15 is 0 Å². The number of hydrogen-bond donors (Lipinski definition) is 0. The molecule has 2 aromatic carbocycles. The van der Waals surface area contributed by atoms with Gasteiger partial charge in [0, 0.05) is 11.8 Å². The quantitative estimate of drug-likeness (QED) is 0.633. The van der Waals surface area contributed by atoms with Crippen molar-refractivity contribution >= 4 is 0 Å². The van der Waals surface area contributed by atoms with E-state index in [0.29, 0.717) is 5.92 Å². The molecule has 0 spiro atoms. The van der Waals surface area contributed by atoms with E-state index < -0.39 is 0 Å². The van der Waals surface area contributed by atoms with Gasteiger partial charge in [0.05, 0.1) is 0 Å². The van der Waals surface area contributed by atoms with Crippen molar-refractivity contribution in [3.05, 3.63) is 59.7 Å². The van der Waals surface area contributed by atoms with Crippen LogP contribution in [-0.4, -0.2) is 0 Å². The highest BCUT2D eigenvalue weighted by molar-refractivity contribution is 5.79. The Morgan fingerprint density at radius 1 is 0.941 bits per heavy atom. The molecule has 0 N–H and O–H groups in total. The maximum absolute atomic E-state index is 5.62. The Morgan fingerprint density at radius 3 is 1.88 bits per heavy atom. The first kappa shape index (κ1) is 10.2. The van der Waals surface area contributed by atoms with E-state index in [2.05, 4.69) is 61.4 Å². The van der Waals surface area contributed by atoms with Crippen LogP contribution in [-0.2, 0) is 0 Å². The van der Waals surface area contributed by atoms with Gasteiger partial charge in [0.2, 0.25) is 0 Å². The normalized spacial score (nSPS) is 14.8. The third-order valence-electron chi connectivity index (χ3n) is 3.64. The molecule has 0 fully saturated rings. The van der Waals surface area contributed by atoms with Gasteiger partial charge in [0.25, 0.3) is 0 Å². The van der Waals surface area contributed by atoms with Crippen LogP contribution in [0.3, 0.4) is 0 Å². The Bertz CT molecular complexity index is 556. The summed E-state index contributed by atoms with van der Waals surface area (Å²) in [7, 11) is 0. The van der Waals surface area contributed by atoms with Crippen LogP contribution in [0.5, 0.6) is 0 Å². The van der Waals surface area contributed by atoms with Gasteiger partial charge in [-0.1, -0.05) is 55.5 Å². The number of fused-ring (bicyclic) bond motifs is 3. The standard InChI is InChI=1S/C17H14/c1-3-12(2)17-15-10-6-4-8-13(15)14-9-5-7-11-16(14)17/h1,4-12,17H,2H3. The summed E-state index contributed by atoms with van der Waals surface area (Å²) < 4.78 is 0. The lowest BCUT2D eigenvalue weighted by Crippen LogP contribution is -2.06. The van der Waals surface area contributed by atoms with Crippen molar-refractivity contribution < 1.29 is 0 Å². The van der Waals surface area contributed by atoms with Crippen molar-refractivity contribution in [2.45, 2.75) is 12.8 Å². The monoisotopic (exact) mass is 218 g/mol. The zero-order valence-electron chi connectivity index (χ0n) is 9.85. The van der Waals surface area contributed by atoms with E-state index in [-0.39, 0.29) is 5.92 Å². The van der Waals surface area contributed by atoms with Crippen LogP contribution in [0.25, 0.3) is 11.1 Å². The van der Waals surface area contributed by atoms with Crippen molar-refractivity contribution in [2.75, 3.05) is 0 Å². The topological polar surface area (TPSA) is 0 Å². The van der Waals surface area contributed by atoms with Crippen molar-refractivity contribution in [3.63, 3.8) is 0 Å². The molecule has 0 radical (unpaired) electrons. The summed E-state index contributed by atoms with van der Waals surface area (Å²) in [5, 5.41) is 0. The van der Waals surface area contributed by atoms with Crippen LogP contribution < -0.4 is 0 Å². The van der Waals surface area contributed by atoms with Gasteiger partial charge in [0.15, 0.2) is 0 Å². The smallest absolute Gasteiger partial charge is 0.0281 e. The minimum atomic E-state index is 0.236. The summed E-state index contributed by atoms with van der Waals surface area (Å²) in [6.45, 7) is 2.13. The van der Waals surface area contributed by atoms with Gasteiger partial charge in [-0.15, -0.1) is 12.3 Å². The van der Waals surface area contributed by atoms with E-state index in [9.17, 15) is 0 Å². The third kappa shape index (κ3) is 1.40. The molecule has 0 heteroatoms. The second kappa shape index (κ2) is 3.79. The number of benzene rings is 2. The number of terminal acetylenes is 1. The molecule has 0 bridgehead atoms. The average molecular weight is 218 g/mol. The van der Waals surface area contributed by atoms with Crippen molar-refractivity contribution in [3.8, 4) is 23.5 Å². The molecule has 1 unspecified atom stereocenters. The Hall–Kier alpha value is -2.00. The van der Waals surface area contributed by atoms with Crippen LogP contribution in [0.1, 0.15) is 24.0 Å². The van der Waals surface area contributed by atoms with Crippen LogP contribution >= 0.6 is 0 Å². The zero-order chi connectivity index (χ0) is 11.8. The maximum Gasteiger partial charge on any atom is 0.0281 e. The van der Waals surface area contributed by atoms with E-state index in [0.717, 1.165) is 0 Å². The summed E-state index contributed by atoms with van der Waals surface area (Å²) in [6.07, 6.45) is 5.62. The van der Waals surface area contributed by atoms with Crippen LogP contribution in [0, 0.1) is 18.3 Å². The molecular formula is C17H14. The Morgan fingerprint density at radius 2 is 1.41 bits per heavy atom. The molecule has 0 aromatic heterocycles. The molecule has 0 saturated carbocycles. The van der Waals surface area contributed by atoms with Gasteiger partial charge in [-0.25, -0.2) is 0 Å². The van der Waals surface area contributed by atoms with Crippen LogP contribution in [0.2, 0.25) is 0 Å². The minimum absolute atomic E-state index is 0.236. The first-order chi connectivity index (χ1) is 8.33. The summed E-state index contributed by atoms with van der Waals surface area (Å²) >= 11 is 0. The fourth-order valence-corrected chi connectivity index (χ4v) is 2.83. The SMILES string of the molecule is C#CC(C)C1c2ccccc2-c2ccccc21. The van der Waals surface area contributed by atoms with Gasteiger partial charge < -0.3 is 0 Å². The van der Waals surface area contributed by atoms with E-state index in [4.69, 9.17) is 6.42 Å². The Labute approximate surface area is 102 Å². The van der Waals surface area contributed by atoms with E-state index in [1.807, 2.05) is 0 Å². The average Bonchev–Trinajstić information content (AvgIpc) is 2.72. The first-order valence-electron chi connectivity index (χ1n) is 5.97. The highest BCUT2D eigenvalue weighted by Gasteiger charge is 2.30. The molecule has 0 nitrogen and oxygen atoms in total. The summed E-state index contributed by atoms with van der Waals surface area (Å²) in [5.41, 5.74) is 5.43. The van der Waals surface area contributed by atoms with Gasteiger partial charge in [-0.3, -0.25) is 0 Å². The fraction of sp³-hybridized carbons (Fsp3) is 0.176. The highest BCUT2D eigenvalue weighted by atomic mass is 14.3. The van der Waals surface area contributed by atoms with Crippen molar-refractivity contribution in [1.29, 1.82) is 0 Å². The highest BCUT2D eigenvalue weighted by Crippen LogP contribution is 2.47. The van der Waals surface area contributed by atoms with Gasteiger partial charge in [-0.2, -0.15) is 0 Å². The molecule has 3 rings (SSSR count). The van der Waals surface area contributed by atoms with Gasteiger partial charge in [-0.05, 0) is 22.3 Å². The molecule has 17 heavy (non-hydrogen) atoms. The zero-order valence-corrected chi connectivity index (χ0v) is 9.85. The minimum Gasteiger partial charge on any atom is -0.120 e. The van der Waals surface area contributed by atoms with Crippen molar-refractivity contribution in [2.24, 2.45) is 5.92 Å². The summed E-state index contributed by atoms with van der Waals surface area (Å²) in [5.74, 6) is 3.48. The van der Waals surface area contributed by atoms with Crippen molar-refractivity contribution in [1.82, 2.24) is 0 Å². The number of hydrogen-bond acceptors (Lipinski definition) is 0. The lowest BCUT2D eigenvalue weighted by Gasteiger charge is -2.16. The second-order valence-electron chi connectivity index (χ2n) is 4.61. The molecule has 0 saturated heterocycles. The summed E-state index contributed by atoms with van der Waals surface area (Å²) in [4.78, 5) is 0. The van der Waals surface area contributed by atoms with E-state index in [1.165, 1.54) is 22.3 Å². The molecular weight excluding hydrogens is 204 g/mol. The molecule has 82 valence electrons. The van der Waals surface area contributed by atoms with E-state index in [1.54, 1.807) is 0 Å². The second-order valence-corrected chi connectivity index (χ2v) is 4.61. The van der Waals surface area contributed by atoms with Gasteiger partial charge >= 0.3 is 0 Å². The molecule has 0 amide bonds. The largest absolute Gasteiger partial charge is 0.120 e. The van der Waals surface area contributed by atoms with Crippen LogP contribution in [0.4, 0.5) is 0 Å². The van der Waals surface area contributed by atoms with Gasteiger partial charge in [0.1, 0.15) is 0 Å². The lowest BCUT2D eigenvalue weighted by molar-refractivity contribution is 0.658. The molecule has 2 aromatic rings. The molecule has 0 aliphatic heterocycles. The fourth-order valence-electron chi connectivity index (χ4n) is 2.83. The predicted octanol–water partition coefficient (Wildman–Crippen LogP) is 4.07. The maximum atomic E-state index is 5.62. The number of rotatable bonds is 1. The third-order valence-corrected chi connectivity index (χ3v) is 3.64. The Balaban J connectivity index is 2.28. The lowest BCUT2D eigenvalue weighted by atomic mass is 9.86. The molecule has 0 heterocycles. The molecule has 1 aliphatic carbocycles. The first-order valence-corrected chi connectivity index (χ1v) is 5.97. The Kier molecular flexibility index (Phi) is 2.27.